The molecule has 0 amide bonds. The van der Waals surface area contributed by atoms with E-state index in [4.69, 9.17) is 9.47 Å². The van der Waals surface area contributed by atoms with Gasteiger partial charge in [0, 0.05) is 20.2 Å². The summed E-state index contributed by atoms with van der Waals surface area (Å²) in [5.41, 5.74) is 0. The van der Waals surface area contributed by atoms with Crippen LogP contribution in [0.1, 0.15) is 38.4 Å². The molecule has 2 unspecified atom stereocenters. The third kappa shape index (κ3) is 4.06. The quantitative estimate of drug-likeness (QED) is 0.887. The molecule has 2 atom stereocenters. The highest BCUT2D eigenvalue weighted by Gasteiger charge is 2.21. The van der Waals surface area contributed by atoms with E-state index in [2.05, 4.69) is 22.2 Å². The van der Waals surface area contributed by atoms with Gasteiger partial charge in [0.25, 0.3) is 0 Å². The fraction of sp³-hybridized carbons (Fsp3) is 0.714. The van der Waals surface area contributed by atoms with Gasteiger partial charge >= 0.3 is 0 Å². The van der Waals surface area contributed by atoms with Crippen LogP contribution in [0.15, 0.2) is 6.07 Å². The molecule has 0 aliphatic heterocycles. The van der Waals surface area contributed by atoms with E-state index in [9.17, 15) is 0 Å². The molecular formula is C14H23N3O2. The van der Waals surface area contributed by atoms with E-state index in [1.807, 2.05) is 13.1 Å². The van der Waals surface area contributed by atoms with Crippen molar-refractivity contribution in [1.82, 2.24) is 9.97 Å². The highest BCUT2D eigenvalue weighted by Crippen LogP contribution is 2.27. The van der Waals surface area contributed by atoms with Gasteiger partial charge in [-0.3, -0.25) is 0 Å². The maximum absolute atomic E-state index is 6.01. The Morgan fingerprint density at radius 3 is 2.89 bits per heavy atom. The van der Waals surface area contributed by atoms with Gasteiger partial charge in [-0.05, 0) is 25.2 Å². The van der Waals surface area contributed by atoms with E-state index >= 15 is 0 Å². The summed E-state index contributed by atoms with van der Waals surface area (Å²) in [4.78, 5) is 8.71. The molecule has 5 heteroatoms. The maximum Gasteiger partial charge on any atom is 0.219 e. The monoisotopic (exact) mass is 265 g/mol. The van der Waals surface area contributed by atoms with Gasteiger partial charge in [0.1, 0.15) is 18.5 Å². The molecule has 0 aromatic carbocycles. The molecule has 1 fully saturated rings. The lowest BCUT2D eigenvalue weighted by Gasteiger charge is -2.27. The SMILES string of the molecule is CNc1cc(OC2CCCC(C)C2)nc(COC)n1. The number of hydrogen-bond acceptors (Lipinski definition) is 5. The Morgan fingerprint density at radius 2 is 2.21 bits per heavy atom. The van der Waals surface area contributed by atoms with Crippen LogP contribution in [-0.2, 0) is 11.3 Å². The lowest BCUT2D eigenvalue weighted by Crippen LogP contribution is -2.24. The number of aromatic nitrogens is 2. The first-order valence-corrected chi connectivity index (χ1v) is 6.92. The molecule has 1 saturated carbocycles. The van der Waals surface area contributed by atoms with E-state index in [1.165, 1.54) is 12.8 Å². The Labute approximate surface area is 114 Å². The van der Waals surface area contributed by atoms with Crippen molar-refractivity contribution < 1.29 is 9.47 Å². The van der Waals surface area contributed by atoms with Gasteiger partial charge in [0.05, 0.1) is 0 Å². The maximum atomic E-state index is 6.01. The van der Waals surface area contributed by atoms with Crippen LogP contribution in [0, 0.1) is 5.92 Å². The number of nitrogens with zero attached hydrogens (tertiary/aromatic N) is 2. The molecule has 106 valence electrons. The van der Waals surface area contributed by atoms with Gasteiger partial charge in [0.2, 0.25) is 5.88 Å². The second kappa shape index (κ2) is 6.70. The van der Waals surface area contributed by atoms with Gasteiger partial charge in [0.15, 0.2) is 5.82 Å². The summed E-state index contributed by atoms with van der Waals surface area (Å²) < 4.78 is 11.1. The van der Waals surface area contributed by atoms with Gasteiger partial charge in [-0.1, -0.05) is 13.3 Å². The van der Waals surface area contributed by atoms with E-state index in [0.717, 1.165) is 24.6 Å². The lowest BCUT2D eigenvalue weighted by molar-refractivity contribution is 0.121. The minimum absolute atomic E-state index is 0.277. The molecule has 0 saturated heterocycles. The summed E-state index contributed by atoms with van der Waals surface area (Å²) in [6, 6.07) is 1.85. The van der Waals surface area contributed by atoms with Crippen LogP contribution in [0.5, 0.6) is 5.88 Å². The summed E-state index contributed by atoms with van der Waals surface area (Å²) in [5.74, 6) is 2.79. The Hall–Kier alpha value is -1.36. The summed E-state index contributed by atoms with van der Waals surface area (Å²) in [7, 11) is 3.48. The van der Waals surface area contributed by atoms with E-state index < -0.39 is 0 Å². The van der Waals surface area contributed by atoms with Gasteiger partial charge in [-0.25, -0.2) is 4.98 Å². The molecule has 1 heterocycles. The van der Waals surface area contributed by atoms with Crippen molar-refractivity contribution in [3.63, 3.8) is 0 Å². The molecule has 1 aromatic rings. The van der Waals surface area contributed by atoms with Crippen molar-refractivity contribution >= 4 is 5.82 Å². The molecule has 0 bridgehead atoms. The number of nitrogens with one attached hydrogen (secondary N) is 1. The van der Waals surface area contributed by atoms with Gasteiger partial charge in [-0.2, -0.15) is 4.98 Å². The highest BCUT2D eigenvalue weighted by molar-refractivity contribution is 5.37. The molecule has 2 rings (SSSR count). The summed E-state index contributed by atoms with van der Waals surface area (Å²) in [5, 5.41) is 3.03. The highest BCUT2D eigenvalue weighted by atomic mass is 16.5. The van der Waals surface area contributed by atoms with Crippen LogP contribution in [0.3, 0.4) is 0 Å². The van der Waals surface area contributed by atoms with Crippen LogP contribution >= 0.6 is 0 Å². The van der Waals surface area contributed by atoms with Crippen molar-refractivity contribution in [3.05, 3.63) is 11.9 Å². The fourth-order valence-corrected chi connectivity index (χ4v) is 2.51. The third-order valence-electron chi connectivity index (χ3n) is 3.45. The summed E-state index contributed by atoms with van der Waals surface area (Å²) in [6.45, 7) is 2.68. The Kier molecular flexibility index (Phi) is 4.96. The minimum Gasteiger partial charge on any atom is -0.474 e. The smallest absolute Gasteiger partial charge is 0.219 e. The first-order valence-electron chi connectivity index (χ1n) is 6.92. The molecule has 1 aliphatic rings. The first-order chi connectivity index (χ1) is 9.21. The zero-order valence-corrected chi connectivity index (χ0v) is 12.0. The average molecular weight is 265 g/mol. The minimum atomic E-state index is 0.277. The topological polar surface area (TPSA) is 56.3 Å². The first kappa shape index (κ1) is 14.1. The van der Waals surface area contributed by atoms with Crippen LogP contribution in [0.4, 0.5) is 5.82 Å². The number of hydrogen-bond donors (Lipinski definition) is 1. The largest absolute Gasteiger partial charge is 0.474 e. The van der Waals surface area contributed by atoms with Gasteiger partial charge < -0.3 is 14.8 Å². The number of ether oxygens (including phenoxy) is 2. The molecule has 1 N–H and O–H groups in total. The standard InChI is InChI=1S/C14H23N3O2/c1-10-5-4-6-11(7-10)19-14-8-12(15-2)16-13(17-14)9-18-3/h8,10-11H,4-7,9H2,1-3H3,(H,15,16,17). The van der Waals surface area contributed by atoms with Crippen molar-refractivity contribution in [2.45, 2.75) is 45.3 Å². The van der Waals surface area contributed by atoms with Crippen LogP contribution in [0.25, 0.3) is 0 Å². The van der Waals surface area contributed by atoms with Gasteiger partial charge in [-0.15, -0.1) is 0 Å². The molecule has 0 spiro atoms. The Bertz CT molecular complexity index is 412. The van der Waals surface area contributed by atoms with Crippen molar-refractivity contribution in [2.75, 3.05) is 19.5 Å². The van der Waals surface area contributed by atoms with Crippen molar-refractivity contribution in [3.8, 4) is 5.88 Å². The molecule has 5 nitrogen and oxygen atoms in total. The van der Waals surface area contributed by atoms with E-state index in [0.29, 0.717) is 18.3 Å². The van der Waals surface area contributed by atoms with Crippen molar-refractivity contribution in [1.29, 1.82) is 0 Å². The average Bonchev–Trinajstić information content (AvgIpc) is 2.39. The molecule has 0 radical (unpaired) electrons. The van der Waals surface area contributed by atoms with Crippen molar-refractivity contribution in [2.24, 2.45) is 5.92 Å². The lowest BCUT2D eigenvalue weighted by atomic mass is 9.89. The number of rotatable bonds is 5. The van der Waals surface area contributed by atoms with E-state index in [1.54, 1.807) is 7.11 Å². The second-order valence-electron chi connectivity index (χ2n) is 5.20. The molecule has 1 aliphatic carbocycles. The molecule has 19 heavy (non-hydrogen) atoms. The summed E-state index contributed by atoms with van der Waals surface area (Å²) >= 11 is 0. The number of anilines is 1. The third-order valence-corrected chi connectivity index (χ3v) is 3.45. The molecular weight excluding hydrogens is 242 g/mol. The zero-order chi connectivity index (χ0) is 13.7. The Morgan fingerprint density at radius 1 is 1.37 bits per heavy atom. The predicted octanol–water partition coefficient (Wildman–Crippen LogP) is 2.62. The Balaban J connectivity index is 2.07. The zero-order valence-electron chi connectivity index (χ0n) is 12.0. The second-order valence-corrected chi connectivity index (χ2v) is 5.20. The molecule has 1 aromatic heterocycles. The van der Waals surface area contributed by atoms with E-state index in [-0.39, 0.29) is 6.10 Å². The number of methoxy groups -OCH3 is 1. The summed E-state index contributed by atoms with van der Waals surface area (Å²) in [6.07, 6.45) is 5.04. The predicted molar refractivity (Wildman–Crippen MR) is 74.3 cm³/mol. The normalized spacial score (nSPS) is 23.1. The van der Waals surface area contributed by atoms with Crippen LogP contribution < -0.4 is 10.1 Å². The van der Waals surface area contributed by atoms with Crippen LogP contribution in [-0.4, -0.2) is 30.2 Å². The van der Waals surface area contributed by atoms with Crippen LogP contribution in [0.2, 0.25) is 0 Å². The fourth-order valence-electron chi connectivity index (χ4n) is 2.51.